The number of hydrogen-bond donors (Lipinski definition) is 1. The van der Waals surface area contributed by atoms with Gasteiger partial charge in [-0.15, -0.1) is 0 Å². The summed E-state index contributed by atoms with van der Waals surface area (Å²) in [5.74, 6) is 1.80. The molecule has 0 saturated heterocycles. The summed E-state index contributed by atoms with van der Waals surface area (Å²) in [6.45, 7) is 6.65. The van der Waals surface area contributed by atoms with Crippen molar-refractivity contribution in [2.45, 2.75) is 32.9 Å². The van der Waals surface area contributed by atoms with Crippen LogP contribution in [0.15, 0.2) is 18.2 Å². The van der Waals surface area contributed by atoms with E-state index in [0.717, 1.165) is 48.7 Å². The van der Waals surface area contributed by atoms with E-state index < -0.39 is 0 Å². The first kappa shape index (κ1) is 15.8. The Balaban J connectivity index is 2.37. The van der Waals surface area contributed by atoms with Crippen LogP contribution >= 0.6 is 0 Å². The summed E-state index contributed by atoms with van der Waals surface area (Å²) < 4.78 is 7.89. The van der Waals surface area contributed by atoms with E-state index in [1.54, 1.807) is 0 Å². The monoisotopic (exact) mass is 290 g/mol. The maximum atomic E-state index is 6.07. The zero-order valence-corrected chi connectivity index (χ0v) is 13.5. The third-order valence-electron chi connectivity index (χ3n) is 3.40. The molecule has 0 aliphatic carbocycles. The van der Waals surface area contributed by atoms with Gasteiger partial charge in [-0.25, -0.2) is 4.98 Å². The van der Waals surface area contributed by atoms with Crippen LogP contribution in [0.25, 0.3) is 11.0 Å². The Bertz CT molecular complexity index is 589. The third kappa shape index (κ3) is 3.74. The van der Waals surface area contributed by atoms with Gasteiger partial charge in [0.25, 0.3) is 0 Å². The second-order valence-electron chi connectivity index (χ2n) is 5.71. The second-order valence-corrected chi connectivity index (χ2v) is 5.71. The van der Waals surface area contributed by atoms with Crippen molar-refractivity contribution < 1.29 is 4.74 Å². The number of imidazole rings is 1. The van der Waals surface area contributed by atoms with Crippen molar-refractivity contribution in [3.63, 3.8) is 0 Å². The van der Waals surface area contributed by atoms with Crippen LogP contribution in [0.5, 0.6) is 5.75 Å². The lowest BCUT2D eigenvalue weighted by Gasteiger charge is -2.14. The minimum Gasteiger partial charge on any atom is -0.494 e. The van der Waals surface area contributed by atoms with E-state index >= 15 is 0 Å². The van der Waals surface area contributed by atoms with Crippen LogP contribution in [0.3, 0.4) is 0 Å². The van der Waals surface area contributed by atoms with Gasteiger partial charge in [0.1, 0.15) is 11.6 Å². The van der Waals surface area contributed by atoms with Crippen LogP contribution in [-0.4, -0.2) is 41.7 Å². The summed E-state index contributed by atoms with van der Waals surface area (Å²) in [5.41, 5.74) is 8.15. The molecule has 0 aliphatic rings. The maximum Gasteiger partial charge on any atom is 0.126 e. The summed E-state index contributed by atoms with van der Waals surface area (Å²) in [5, 5.41) is 0. The Hall–Kier alpha value is -1.59. The summed E-state index contributed by atoms with van der Waals surface area (Å²) in [6.07, 6.45) is 1.00. The van der Waals surface area contributed by atoms with Crippen LogP contribution in [-0.2, 0) is 6.54 Å². The number of hydrogen-bond acceptors (Lipinski definition) is 4. The Morgan fingerprint density at radius 2 is 2.14 bits per heavy atom. The van der Waals surface area contributed by atoms with E-state index in [4.69, 9.17) is 15.5 Å². The van der Waals surface area contributed by atoms with Gasteiger partial charge in [-0.1, -0.05) is 6.92 Å². The van der Waals surface area contributed by atoms with Gasteiger partial charge in [0.15, 0.2) is 0 Å². The highest BCUT2D eigenvalue weighted by atomic mass is 16.5. The lowest BCUT2D eigenvalue weighted by atomic mass is 10.3. The van der Waals surface area contributed by atoms with Crippen molar-refractivity contribution in [2.24, 2.45) is 5.73 Å². The van der Waals surface area contributed by atoms with Gasteiger partial charge >= 0.3 is 0 Å². The Labute approximate surface area is 126 Å². The quantitative estimate of drug-likeness (QED) is 0.851. The van der Waals surface area contributed by atoms with Gasteiger partial charge in [-0.3, -0.25) is 0 Å². The molecule has 1 aromatic carbocycles. The number of nitrogens with two attached hydrogens (primary N) is 1. The second kappa shape index (κ2) is 6.91. The molecule has 1 atom stereocenters. The van der Waals surface area contributed by atoms with Crippen molar-refractivity contribution in [3.05, 3.63) is 24.0 Å². The number of aromatic nitrogens is 2. The first-order chi connectivity index (χ1) is 10.0. The molecule has 0 radical (unpaired) electrons. The van der Waals surface area contributed by atoms with Gasteiger partial charge in [0.2, 0.25) is 0 Å². The first-order valence-electron chi connectivity index (χ1n) is 7.56. The zero-order chi connectivity index (χ0) is 15.4. The van der Waals surface area contributed by atoms with Crippen molar-refractivity contribution in [3.8, 4) is 5.75 Å². The van der Waals surface area contributed by atoms with Crippen LogP contribution < -0.4 is 10.5 Å². The molecule has 5 heteroatoms. The lowest BCUT2D eigenvalue weighted by molar-refractivity contribution is 0.318. The molecule has 2 N–H and O–H groups in total. The van der Waals surface area contributed by atoms with Crippen molar-refractivity contribution >= 4 is 11.0 Å². The molecule has 0 aliphatic heterocycles. The van der Waals surface area contributed by atoms with Crippen LogP contribution in [0, 0.1) is 0 Å². The van der Waals surface area contributed by atoms with E-state index in [1.807, 2.05) is 19.1 Å². The molecule has 5 nitrogen and oxygen atoms in total. The predicted octanol–water partition coefficient (Wildman–Crippen LogP) is 2.41. The summed E-state index contributed by atoms with van der Waals surface area (Å²) in [4.78, 5) is 6.86. The molecule has 116 valence electrons. The number of fused-ring (bicyclic) bond motifs is 1. The fraction of sp³-hybridized carbons (Fsp3) is 0.562. The topological polar surface area (TPSA) is 56.3 Å². The smallest absolute Gasteiger partial charge is 0.126 e. The number of ether oxygens (including phenoxy) is 1. The Kier molecular flexibility index (Phi) is 5.20. The highest BCUT2D eigenvalue weighted by molar-refractivity contribution is 5.78. The van der Waals surface area contributed by atoms with Gasteiger partial charge in [-0.2, -0.15) is 0 Å². The van der Waals surface area contributed by atoms with Crippen molar-refractivity contribution in [2.75, 3.05) is 27.2 Å². The van der Waals surface area contributed by atoms with Gasteiger partial charge < -0.3 is 19.9 Å². The molecular weight excluding hydrogens is 264 g/mol. The van der Waals surface area contributed by atoms with E-state index in [9.17, 15) is 0 Å². The molecule has 21 heavy (non-hydrogen) atoms. The summed E-state index contributed by atoms with van der Waals surface area (Å²) >= 11 is 0. The highest BCUT2D eigenvalue weighted by Gasteiger charge is 2.14. The Morgan fingerprint density at radius 1 is 1.38 bits per heavy atom. The molecule has 0 spiro atoms. The molecule has 0 bridgehead atoms. The minimum absolute atomic E-state index is 0.0837. The lowest BCUT2D eigenvalue weighted by Crippen LogP contribution is -2.21. The number of benzene rings is 1. The van der Waals surface area contributed by atoms with E-state index in [2.05, 4.69) is 36.6 Å². The zero-order valence-electron chi connectivity index (χ0n) is 13.5. The molecule has 1 unspecified atom stereocenters. The largest absolute Gasteiger partial charge is 0.494 e. The normalized spacial score (nSPS) is 13.0. The SMILES string of the molecule is CCCOc1ccc2c(c1)nc(C(C)N)n2CCN(C)C. The van der Waals surface area contributed by atoms with Gasteiger partial charge in [-0.05, 0) is 39.6 Å². The number of rotatable bonds is 7. The maximum absolute atomic E-state index is 6.07. The van der Waals surface area contributed by atoms with E-state index in [1.165, 1.54) is 0 Å². The average molecular weight is 290 g/mol. The minimum atomic E-state index is -0.0837. The molecule has 1 aromatic heterocycles. The molecular formula is C16H26N4O. The Morgan fingerprint density at radius 3 is 2.76 bits per heavy atom. The van der Waals surface area contributed by atoms with Crippen LogP contribution in [0.2, 0.25) is 0 Å². The molecule has 0 fully saturated rings. The average Bonchev–Trinajstić information content (AvgIpc) is 2.80. The summed E-state index contributed by atoms with van der Waals surface area (Å²) in [7, 11) is 4.14. The van der Waals surface area contributed by atoms with Crippen molar-refractivity contribution in [1.82, 2.24) is 14.5 Å². The first-order valence-corrected chi connectivity index (χ1v) is 7.56. The number of nitrogens with zero attached hydrogens (tertiary/aromatic N) is 3. The van der Waals surface area contributed by atoms with Crippen LogP contribution in [0.4, 0.5) is 0 Å². The molecule has 1 heterocycles. The fourth-order valence-electron chi connectivity index (χ4n) is 2.32. The third-order valence-corrected chi connectivity index (χ3v) is 3.40. The highest BCUT2D eigenvalue weighted by Crippen LogP contribution is 2.24. The van der Waals surface area contributed by atoms with Gasteiger partial charge in [0, 0.05) is 19.2 Å². The molecule has 0 saturated carbocycles. The standard InChI is InChI=1S/C16H26N4O/c1-5-10-21-13-6-7-15-14(11-13)18-16(12(2)17)20(15)9-8-19(3)4/h6-7,11-12H,5,8-10,17H2,1-4H3. The van der Waals surface area contributed by atoms with Crippen LogP contribution in [0.1, 0.15) is 32.1 Å². The van der Waals surface area contributed by atoms with E-state index in [-0.39, 0.29) is 6.04 Å². The number of likely N-dealkylation sites (N-methyl/N-ethyl adjacent to an activating group) is 1. The molecule has 2 aromatic rings. The predicted molar refractivity (Wildman–Crippen MR) is 86.7 cm³/mol. The fourth-order valence-corrected chi connectivity index (χ4v) is 2.32. The van der Waals surface area contributed by atoms with E-state index in [0.29, 0.717) is 0 Å². The summed E-state index contributed by atoms with van der Waals surface area (Å²) in [6, 6.07) is 6.01. The van der Waals surface area contributed by atoms with Gasteiger partial charge in [0.05, 0.1) is 23.7 Å². The molecule has 2 rings (SSSR count). The van der Waals surface area contributed by atoms with Crippen molar-refractivity contribution in [1.29, 1.82) is 0 Å². The molecule has 0 amide bonds.